The lowest BCUT2D eigenvalue weighted by atomic mass is 10.1. The summed E-state index contributed by atoms with van der Waals surface area (Å²) < 4.78 is 0. The summed E-state index contributed by atoms with van der Waals surface area (Å²) in [4.78, 5) is 8.04. The number of hydrogen-bond acceptors (Lipinski definition) is 2. The van der Waals surface area contributed by atoms with Gasteiger partial charge < -0.3 is 0 Å². The number of nitrogens with zero attached hydrogens (tertiary/aromatic N) is 2. The van der Waals surface area contributed by atoms with Crippen LogP contribution < -0.4 is 0 Å². The van der Waals surface area contributed by atoms with E-state index in [4.69, 9.17) is 23.2 Å². The highest BCUT2D eigenvalue weighted by Gasteiger charge is 2.00. The van der Waals surface area contributed by atoms with Crippen molar-refractivity contribution in [2.24, 2.45) is 0 Å². The number of halogens is 2. The molecule has 0 atom stereocenters. The zero-order valence-electron chi connectivity index (χ0n) is 8.37. The first-order valence-corrected chi connectivity index (χ1v) is 5.67. The van der Waals surface area contributed by atoms with Gasteiger partial charge in [0.05, 0.1) is 5.52 Å². The molecular weight excluding hydrogens is 243 g/mol. The first kappa shape index (κ1) is 11.2. The maximum absolute atomic E-state index is 5.97. The Morgan fingerprint density at radius 2 is 2.12 bits per heavy atom. The molecule has 0 fully saturated rings. The molecule has 2 rings (SSSR count). The van der Waals surface area contributed by atoms with Gasteiger partial charge in [-0.2, -0.15) is 0 Å². The Kier molecular flexibility index (Phi) is 3.61. The molecule has 4 heteroatoms. The molecule has 1 heterocycles. The van der Waals surface area contributed by atoms with Crippen LogP contribution in [-0.2, 0) is 0 Å². The molecule has 0 spiro atoms. The fraction of sp³-hybridized carbons (Fsp3) is 0.167. The zero-order chi connectivity index (χ0) is 11.4. The van der Waals surface area contributed by atoms with Crippen LogP contribution in [-0.4, -0.2) is 15.8 Å². The fourth-order valence-corrected chi connectivity index (χ4v) is 1.60. The van der Waals surface area contributed by atoms with E-state index in [9.17, 15) is 0 Å². The van der Waals surface area contributed by atoms with Crippen molar-refractivity contribution >= 4 is 34.1 Å². The van der Waals surface area contributed by atoms with E-state index in [-0.39, 0.29) is 0 Å². The Balaban J connectivity index is 2.44. The Labute approximate surface area is 104 Å². The van der Waals surface area contributed by atoms with Crippen LogP contribution in [0.1, 0.15) is 12.0 Å². The van der Waals surface area contributed by atoms with Crippen molar-refractivity contribution in [3.63, 3.8) is 0 Å². The third-order valence-corrected chi connectivity index (χ3v) is 2.53. The van der Waals surface area contributed by atoms with Crippen molar-refractivity contribution in [3.8, 4) is 11.8 Å². The summed E-state index contributed by atoms with van der Waals surface area (Å²) in [7, 11) is 0. The van der Waals surface area contributed by atoms with Gasteiger partial charge in [-0.15, -0.1) is 11.6 Å². The minimum atomic E-state index is 0.450. The number of fused-ring (bicyclic) bond motifs is 1. The topological polar surface area (TPSA) is 25.8 Å². The largest absolute Gasteiger partial charge is 0.236 e. The highest BCUT2D eigenvalue weighted by Crippen LogP contribution is 2.19. The maximum atomic E-state index is 5.97. The highest BCUT2D eigenvalue weighted by molar-refractivity contribution is 6.34. The quantitative estimate of drug-likeness (QED) is 0.441. The summed E-state index contributed by atoms with van der Waals surface area (Å²) >= 11 is 11.5. The summed E-state index contributed by atoms with van der Waals surface area (Å²) in [6.07, 6.45) is 2.13. The molecule has 16 heavy (non-hydrogen) atoms. The second-order valence-corrected chi connectivity index (χ2v) is 3.87. The highest BCUT2D eigenvalue weighted by atomic mass is 35.5. The van der Waals surface area contributed by atoms with Crippen molar-refractivity contribution in [1.29, 1.82) is 0 Å². The van der Waals surface area contributed by atoms with Gasteiger partial charge in [-0.25, -0.2) is 9.97 Å². The molecule has 0 bridgehead atoms. The molecular formula is C12H8Cl2N2. The SMILES string of the molecule is ClCCC#Cc1ccc2ncnc(Cl)c2c1. The number of alkyl halides is 1. The van der Waals surface area contributed by atoms with Crippen molar-refractivity contribution in [2.75, 3.05) is 5.88 Å². The van der Waals surface area contributed by atoms with Crippen LogP contribution in [0, 0.1) is 11.8 Å². The van der Waals surface area contributed by atoms with Gasteiger partial charge in [0.1, 0.15) is 11.5 Å². The van der Waals surface area contributed by atoms with E-state index in [2.05, 4.69) is 21.8 Å². The van der Waals surface area contributed by atoms with Crippen LogP contribution >= 0.6 is 23.2 Å². The molecule has 0 aliphatic heterocycles. The van der Waals surface area contributed by atoms with E-state index in [1.54, 1.807) is 0 Å². The Morgan fingerprint density at radius 1 is 1.25 bits per heavy atom. The van der Waals surface area contributed by atoms with Crippen molar-refractivity contribution in [2.45, 2.75) is 6.42 Å². The van der Waals surface area contributed by atoms with Crippen molar-refractivity contribution in [1.82, 2.24) is 9.97 Å². The zero-order valence-corrected chi connectivity index (χ0v) is 9.89. The number of rotatable bonds is 1. The van der Waals surface area contributed by atoms with E-state index in [1.807, 2.05) is 18.2 Å². The summed E-state index contributed by atoms with van der Waals surface area (Å²) in [6.45, 7) is 0. The van der Waals surface area contributed by atoms with E-state index in [0.717, 1.165) is 16.5 Å². The predicted molar refractivity (Wildman–Crippen MR) is 66.8 cm³/mol. The molecule has 2 aromatic rings. The lowest BCUT2D eigenvalue weighted by molar-refractivity contribution is 1.22. The van der Waals surface area contributed by atoms with E-state index >= 15 is 0 Å². The molecule has 0 radical (unpaired) electrons. The summed E-state index contributed by atoms with van der Waals surface area (Å²) in [5.74, 6) is 6.53. The minimum Gasteiger partial charge on any atom is -0.236 e. The molecule has 0 saturated carbocycles. The lowest BCUT2D eigenvalue weighted by Gasteiger charge is -1.98. The van der Waals surface area contributed by atoms with Gasteiger partial charge in [-0.05, 0) is 18.2 Å². The van der Waals surface area contributed by atoms with Gasteiger partial charge >= 0.3 is 0 Å². The van der Waals surface area contributed by atoms with Crippen LogP contribution in [0.4, 0.5) is 0 Å². The normalized spacial score (nSPS) is 9.88. The summed E-state index contributed by atoms with van der Waals surface area (Å²) in [5, 5.41) is 1.27. The van der Waals surface area contributed by atoms with Crippen LogP contribution in [0.15, 0.2) is 24.5 Å². The molecule has 0 N–H and O–H groups in total. The average Bonchev–Trinajstić information content (AvgIpc) is 2.30. The van der Waals surface area contributed by atoms with Crippen LogP contribution in [0.3, 0.4) is 0 Å². The third-order valence-electron chi connectivity index (χ3n) is 2.04. The molecule has 0 saturated heterocycles. The van der Waals surface area contributed by atoms with Crippen LogP contribution in [0.25, 0.3) is 10.9 Å². The molecule has 1 aromatic carbocycles. The minimum absolute atomic E-state index is 0.450. The number of aromatic nitrogens is 2. The van der Waals surface area contributed by atoms with Gasteiger partial charge in [0.2, 0.25) is 0 Å². The predicted octanol–water partition coefficient (Wildman–Crippen LogP) is 3.26. The first-order valence-electron chi connectivity index (χ1n) is 4.76. The molecule has 0 amide bonds. The summed E-state index contributed by atoms with van der Waals surface area (Å²) in [5.41, 5.74) is 1.72. The second-order valence-electron chi connectivity index (χ2n) is 3.14. The Bertz CT molecular complexity index is 570. The van der Waals surface area contributed by atoms with Gasteiger partial charge in [-0.3, -0.25) is 0 Å². The number of hydrogen-bond donors (Lipinski definition) is 0. The third kappa shape index (κ3) is 2.44. The molecule has 0 aliphatic rings. The standard InChI is InChI=1S/C12H8Cl2N2/c13-6-2-1-3-9-4-5-11-10(7-9)12(14)16-8-15-11/h4-5,7-8H,2,6H2. The van der Waals surface area contributed by atoms with Crippen LogP contribution in [0.2, 0.25) is 5.15 Å². The fourth-order valence-electron chi connectivity index (χ4n) is 1.31. The average molecular weight is 251 g/mol. The Morgan fingerprint density at radius 3 is 2.94 bits per heavy atom. The van der Waals surface area contributed by atoms with Gasteiger partial charge in [0, 0.05) is 23.3 Å². The van der Waals surface area contributed by atoms with E-state index < -0.39 is 0 Å². The first-order chi connectivity index (χ1) is 7.81. The summed E-state index contributed by atoms with van der Waals surface area (Å²) in [6, 6.07) is 5.68. The number of benzene rings is 1. The molecule has 2 nitrogen and oxygen atoms in total. The van der Waals surface area contributed by atoms with E-state index in [0.29, 0.717) is 17.5 Å². The smallest absolute Gasteiger partial charge is 0.140 e. The van der Waals surface area contributed by atoms with Gasteiger partial charge in [0.25, 0.3) is 0 Å². The maximum Gasteiger partial charge on any atom is 0.140 e. The van der Waals surface area contributed by atoms with Gasteiger partial charge in [0.15, 0.2) is 0 Å². The van der Waals surface area contributed by atoms with E-state index in [1.165, 1.54) is 6.33 Å². The molecule has 1 aromatic heterocycles. The van der Waals surface area contributed by atoms with Crippen LogP contribution in [0.5, 0.6) is 0 Å². The molecule has 80 valence electrons. The van der Waals surface area contributed by atoms with Gasteiger partial charge in [-0.1, -0.05) is 23.4 Å². The van der Waals surface area contributed by atoms with Crippen molar-refractivity contribution < 1.29 is 0 Å². The lowest BCUT2D eigenvalue weighted by Crippen LogP contribution is -1.84. The second kappa shape index (κ2) is 5.16. The molecule has 0 unspecified atom stereocenters. The van der Waals surface area contributed by atoms with Crippen molar-refractivity contribution in [3.05, 3.63) is 35.2 Å². The monoisotopic (exact) mass is 250 g/mol. The Hall–Kier alpha value is -1.30. The molecule has 0 aliphatic carbocycles.